The van der Waals surface area contributed by atoms with Gasteiger partial charge in [0.25, 0.3) is 0 Å². The molecule has 3 nitrogen and oxygen atoms in total. The lowest BCUT2D eigenvalue weighted by Gasteiger charge is -2.18. The summed E-state index contributed by atoms with van der Waals surface area (Å²) in [7, 11) is 1.98. The highest BCUT2D eigenvalue weighted by Crippen LogP contribution is 2.21. The molecule has 0 aliphatic heterocycles. The number of hydrogen-bond donors (Lipinski definition) is 1. The fraction of sp³-hybridized carbons (Fsp3) is 0.333. The van der Waals surface area contributed by atoms with Crippen LogP contribution >= 0.6 is 15.9 Å². The van der Waals surface area contributed by atoms with E-state index < -0.39 is 0 Å². The first kappa shape index (κ1) is 14.2. The van der Waals surface area contributed by atoms with E-state index in [4.69, 9.17) is 0 Å². The Bertz CT molecular complexity index is 542. The van der Waals surface area contributed by atoms with Crippen LogP contribution in [0.4, 0.5) is 0 Å². The van der Waals surface area contributed by atoms with Gasteiger partial charge in [-0.1, -0.05) is 13.0 Å². The van der Waals surface area contributed by atoms with Gasteiger partial charge in [-0.2, -0.15) is 0 Å². The molecule has 0 aliphatic rings. The van der Waals surface area contributed by atoms with E-state index in [1.54, 1.807) is 6.20 Å². The Morgan fingerprint density at radius 3 is 2.89 bits per heavy atom. The second-order valence-corrected chi connectivity index (χ2v) is 5.37. The van der Waals surface area contributed by atoms with Gasteiger partial charge in [0.05, 0.1) is 11.7 Å². The molecule has 2 aromatic heterocycles. The second-order valence-electron chi connectivity index (χ2n) is 4.46. The number of pyridine rings is 2. The number of nitrogens with zero attached hydrogens (tertiary/aromatic N) is 2. The smallest absolute Gasteiger partial charge is 0.0608 e. The van der Waals surface area contributed by atoms with Gasteiger partial charge < -0.3 is 5.32 Å². The van der Waals surface area contributed by atoms with E-state index in [0.29, 0.717) is 0 Å². The summed E-state index contributed by atoms with van der Waals surface area (Å²) >= 11 is 3.46. The maximum Gasteiger partial charge on any atom is 0.0608 e. The van der Waals surface area contributed by atoms with Gasteiger partial charge in [0, 0.05) is 23.1 Å². The zero-order chi connectivity index (χ0) is 13.7. The molecule has 0 aromatic carbocycles. The SMILES string of the molecule is CCc1cccnc1C(Cc1cncc(Br)c1)NC. The molecule has 100 valence electrons. The van der Waals surface area contributed by atoms with Crippen LogP contribution in [0.15, 0.2) is 41.3 Å². The van der Waals surface area contributed by atoms with Gasteiger partial charge in [-0.25, -0.2) is 0 Å². The molecule has 0 fully saturated rings. The van der Waals surface area contributed by atoms with Gasteiger partial charge in [-0.15, -0.1) is 0 Å². The van der Waals surface area contributed by atoms with E-state index in [1.807, 2.05) is 25.5 Å². The summed E-state index contributed by atoms with van der Waals surface area (Å²) in [4.78, 5) is 8.76. The molecule has 0 saturated heterocycles. The highest BCUT2D eigenvalue weighted by atomic mass is 79.9. The first-order valence-electron chi connectivity index (χ1n) is 6.45. The quantitative estimate of drug-likeness (QED) is 0.918. The Hall–Kier alpha value is -1.26. The van der Waals surface area contributed by atoms with Crippen molar-refractivity contribution in [3.63, 3.8) is 0 Å². The largest absolute Gasteiger partial charge is 0.311 e. The van der Waals surface area contributed by atoms with Crippen LogP contribution < -0.4 is 5.32 Å². The number of likely N-dealkylation sites (N-methyl/N-ethyl adjacent to an activating group) is 1. The lowest BCUT2D eigenvalue weighted by Crippen LogP contribution is -2.21. The van der Waals surface area contributed by atoms with Crippen LogP contribution in [0.3, 0.4) is 0 Å². The van der Waals surface area contributed by atoms with Crippen LogP contribution in [0.2, 0.25) is 0 Å². The predicted molar refractivity (Wildman–Crippen MR) is 81.1 cm³/mol. The van der Waals surface area contributed by atoms with Crippen molar-refractivity contribution < 1.29 is 0 Å². The molecule has 0 saturated carbocycles. The molecule has 0 spiro atoms. The Morgan fingerprint density at radius 2 is 2.21 bits per heavy atom. The van der Waals surface area contributed by atoms with Gasteiger partial charge in [0.1, 0.15) is 0 Å². The number of aryl methyl sites for hydroxylation is 1. The van der Waals surface area contributed by atoms with E-state index >= 15 is 0 Å². The average molecular weight is 320 g/mol. The summed E-state index contributed by atoms with van der Waals surface area (Å²) in [5, 5.41) is 3.36. The van der Waals surface area contributed by atoms with E-state index in [0.717, 1.165) is 23.0 Å². The average Bonchev–Trinajstić information content (AvgIpc) is 2.45. The van der Waals surface area contributed by atoms with Gasteiger partial charge in [-0.05, 0) is 59.1 Å². The van der Waals surface area contributed by atoms with Crippen LogP contribution in [0.1, 0.15) is 29.8 Å². The fourth-order valence-corrected chi connectivity index (χ4v) is 2.61. The molecule has 4 heteroatoms. The second kappa shape index (κ2) is 6.78. The molecule has 0 bridgehead atoms. The number of halogens is 1. The number of aromatic nitrogens is 2. The van der Waals surface area contributed by atoms with Gasteiger partial charge in [-0.3, -0.25) is 9.97 Å². The van der Waals surface area contributed by atoms with Crippen LogP contribution in [0.25, 0.3) is 0 Å². The van der Waals surface area contributed by atoms with E-state index in [-0.39, 0.29) is 6.04 Å². The number of hydrogen-bond acceptors (Lipinski definition) is 3. The summed E-state index contributed by atoms with van der Waals surface area (Å²) < 4.78 is 1.01. The standard InChI is InChI=1S/C15H18BrN3/c1-3-12-5-4-6-19-15(12)14(17-2)8-11-7-13(16)10-18-9-11/h4-7,9-10,14,17H,3,8H2,1-2H3. The van der Waals surface area contributed by atoms with Crippen LogP contribution in [-0.2, 0) is 12.8 Å². The fourth-order valence-electron chi connectivity index (χ4n) is 2.20. The molecule has 1 unspecified atom stereocenters. The molecule has 19 heavy (non-hydrogen) atoms. The van der Waals surface area contributed by atoms with Crippen molar-refractivity contribution in [3.05, 3.63) is 58.1 Å². The van der Waals surface area contributed by atoms with Gasteiger partial charge in [0.2, 0.25) is 0 Å². The third kappa shape index (κ3) is 3.61. The maximum atomic E-state index is 4.54. The molecular formula is C15H18BrN3. The van der Waals surface area contributed by atoms with Crippen molar-refractivity contribution in [1.29, 1.82) is 0 Å². The van der Waals surface area contributed by atoms with E-state index in [9.17, 15) is 0 Å². The zero-order valence-electron chi connectivity index (χ0n) is 11.2. The molecule has 0 radical (unpaired) electrons. The Balaban J connectivity index is 2.25. The van der Waals surface area contributed by atoms with Crippen LogP contribution in [-0.4, -0.2) is 17.0 Å². The minimum atomic E-state index is 0.215. The maximum absolute atomic E-state index is 4.54. The third-order valence-electron chi connectivity index (χ3n) is 3.19. The summed E-state index contributed by atoms with van der Waals surface area (Å²) in [6, 6.07) is 6.46. The van der Waals surface area contributed by atoms with Crippen molar-refractivity contribution in [1.82, 2.24) is 15.3 Å². The van der Waals surface area contributed by atoms with Crippen molar-refractivity contribution in [2.24, 2.45) is 0 Å². The highest BCUT2D eigenvalue weighted by Gasteiger charge is 2.15. The molecule has 0 aliphatic carbocycles. The molecule has 1 atom stereocenters. The lowest BCUT2D eigenvalue weighted by molar-refractivity contribution is 0.569. The minimum Gasteiger partial charge on any atom is -0.311 e. The van der Waals surface area contributed by atoms with Crippen molar-refractivity contribution in [2.45, 2.75) is 25.8 Å². The van der Waals surface area contributed by atoms with Crippen molar-refractivity contribution in [2.75, 3.05) is 7.05 Å². The summed E-state index contributed by atoms with van der Waals surface area (Å²) in [6.45, 7) is 2.16. The number of nitrogens with one attached hydrogen (secondary N) is 1. The highest BCUT2D eigenvalue weighted by molar-refractivity contribution is 9.10. The topological polar surface area (TPSA) is 37.8 Å². The third-order valence-corrected chi connectivity index (χ3v) is 3.62. The van der Waals surface area contributed by atoms with Crippen LogP contribution in [0, 0.1) is 0 Å². The van der Waals surface area contributed by atoms with Gasteiger partial charge in [0.15, 0.2) is 0 Å². The summed E-state index contributed by atoms with van der Waals surface area (Å²) in [5.74, 6) is 0. The molecule has 1 N–H and O–H groups in total. The first-order chi connectivity index (χ1) is 9.24. The summed E-state index contributed by atoms with van der Waals surface area (Å²) in [6.07, 6.45) is 7.45. The summed E-state index contributed by atoms with van der Waals surface area (Å²) in [5.41, 5.74) is 3.62. The molecule has 0 amide bonds. The minimum absolute atomic E-state index is 0.215. The molecule has 2 rings (SSSR count). The van der Waals surface area contributed by atoms with E-state index in [1.165, 1.54) is 11.1 Å². The number of rotatable bonds is 5. The van der Waals surface area contributed by atoms with Crippen molar-refractivity contribution in [3.8, 4) is 0 Å². The first-order valence-corrected chi connectivity index (χ1v) is 7.24. The Morgan fingerprint density at radius 1 is 1.37 bits per heavy atom. The van der Waals surface area contributed by atoms with Crippen LogP contribution in [0.5, 0.6) is 0 Å². The predicted octanol–water partition coefficient (Wildman–Crippen LogP) is 3.30. The molecule has 2 aromatic rings. The zero-order valence-corrected chi connectivity index (χ0v) is 12.8. The lowest BCUT2D eigenvalue weighted by atomic mass is 9.99. The normalized spacial score (nSPS) is 12.4. The Labute approximate surface area is 122 Å². The van der Waals surface area contributed by atoms with E-state index in [2.05, 4.69) is 50.3 Å². The molecular weight excluding hydrogens is 302 g/mol. The molecule has 2 heterocycles. The van der Waals surface area contributed by atoms with Gasteiger partial charge >= 0.3 is 0 Å². The monoisotopic (exact) mass is 319 g/mol. The Kier molecular flexibility index (Phi) is 5.05. The van der Waals surface area contributed by atoms with Crippen molar-refractivity contribution >= 4 is 15.9 Å².